The van der Waals surface area contributed by atoms with Gasteiger partial charge in [-0.3, -0.25) is 14.3 Å². The van der Waals surface area contributed by atoms with E-state index in [1.807, 2.05) is 0 Å². The third-order valence-corrected chi connectivity index (χ3v) is 3.03. The van der Waals surface area contributed by atoms with Crippen LogP contribution in [0.5, 0.6) is 0 Å². The Labute approximate surface area is 110 Å². The van der Waals surface area contributed by atoms with E-state index in [1.54, 1.807) is 4.98 Å². The van der Waals surface area contributed by atoms with Crippen molar-refractivity contribution in [2.45, 2.75) is 24.0 Å². The maximum absolute atomic E-state index is 13.3. The number of ether oxygens (including phenoxy) is 1. The van der Waals surface area contributed by atoms with Gasteiger partial charge >= 0.3 is 5.69 Å². The largest absolute Gasteiger partial charge is 0.394 e. The van der Waals surface area contributed by atoms with Crippen LogP contribution in [0.4, 0.5) is 4.39 Å². The first-order chi connectivity index (χ1) is 9.37. The summed E-state index contributed by atoms with van der Waals surface area (Å²) in [4.78, 5) is 24.2. The van der Waals surface area contributed by atoms with Crippen LogP contribution in [0.3, 0.4) is 0 Å². The Bertz CT molecular complexity index is 679. The zero-order valence-corrected chi connectivity index (χ0v) is 9.86. The third kappa shape index (κ3) is 1.84. The Hall–Kier alpha value is -2.06. The van der Waals surface area contributed by atoms with E-state index in [0.717, 1.165) is 0 Å². The lowest BCUT2D eigenvalue weighted by Gasteiger charge is -2.26. The predicted octanol–water partition coefficient (Wildman–Crippen LogP) is -3.04. The van der Waals surface area contributed by atoms with Gasteiger partial charge in [0, 0.05) is 0 Å². The van der Waals surface area contributed by atoms with Gasteiger partial charge in [0.15, 0.2) is 0 Å². The Balaban J connectivity index is 2.65. The lowest BCUT2D eigenvalue weighted by molar-refractivity contribution is -0.109. The number of aliphatic hydroxyl groups is 3. The lowest BCUT2D eigenvalue weighted by Crippen LogP contribution is -2.51. The maximum Gasteiger partial charge on any atom is 0.331 e. The van der Waals surface area contributed by atoms with Crippen LogP contribution in [0.15, 0.2) is 15.8 Å². The molecule has 1 fully saturated rings. The molecule has 0 aromatic carbocycles. The molecular weight excluding hydrogens is 277 g/mol. The van der Waals surface area contributed by atoms with E-state index in [1.165, 1.54) is 6.07 Å². The molecule has 0 amide bonds. The van der Waals surface area contributed by atoms with Gasteiger partial charge in [-0.15, -0.1) is 0 Å². The molecule has 2 heterocycles. The van der Waals surface area contributed by atoms with E-state index >= 15 is 0 Å². The summed E-state index contributed by atoms with van der Waals surface area (Å²) in [5, 5.41) is 37.6. The lowest BCUT2D eigenvalue weighted by atomic mass is 10.0. The molecule has 4 atom stereocenters. The molecular formula is C10H10FN3O6. The summed E-state index contributed by atoms with van der Waals surface area (Å²) in [6.07, 6.45) is -4.54. The van der Waals surface area contributed by atoms with Crippen LogP contribution in [0, 0.1) is 17.1 Å². The second-order valence-corrected chi connectivity index (χ2v) is 4.19. The highest BCUT2D eigenvalue weighted by molar-refractivity contribution is 5.12. The number of aliphatic hydroxyl groups excluding tert-OH is 3. The molecule has 0 spiro atoms. The average Bonchev–Trinajstić information content (AvgIpc) is 2.68. The Kier molecular flexibility index (Phi) is 3.45. The molecule has 0 bridgehead atoms. The van der Waals surface area contributed by atoms with Gasteiger partial charge in [-0.05, 0) is 0 Å². The highest BCUT2D eigenvalue weighted by Crippen LogP contribution is 2.34. The second kappa shape index (κ2) is 4.80. The summed E-state index contributed by atoms with van der Waals surface area (Å²) in [5.74, 6) is -1.38. The van der Waals surface area contributed by atoms with Crippen LogP contribution >= 0.6 is 0 Å². The standard InChI is InChI=1S/C10H10FN3O6/c11-4-1-14(9(19)13-8(4)18)10(3-12)7(17)6(16)5(2-15)20-10/h1,5-7,15-17H,2H2,(H,13,18,19)/t5-,6-,7-,10-/m1/s1. The second-order valence-electron chi connectivity index (χ2n) is 4.19. The molecule has 1 aliphatic heterocycles. The first kappa shape index (κ1) is 14.4. The molecule has 4 N–H and O–H groups in total. The molecule has 1 aromatic heterocycles. The van der Waals surface area contributed by atoms with Crippen molar-refractivity contribution in [3.8, 4) is 6.07 Å². The minimum Gasteiger partial charge on any atom is -0.394 e. The number of nitrogens with one attached hydrogen (secondary N) is 1. The zero-order chi connectivity index (χ0) is 15.1. The molecule has 0 saturated carbocycles. The van der Waals surface area contributed by atoms with Crippen molar-refractivity contribution in [3.05, 3.63) is 32.9 Å². The number of rotatable bonds is 2. The predicted molar refractivity (Wildman–Crippen MR) is 58.8 cm³/mol. The number of aromatic nitrogens is 2. The van der Waals surface area contributed by atoms with E-state index in [9.17, 15) is 24.2 Å². The van der Waals surface area contributed by atoms with E-state index in [0.29, 0.717) is 10.8 Å². The average molecular weight is 287 g/mol. The van der Waals surface area contributed by atoms with Crippen molar-refractivity contribution in [1.82, 2.24) is 9.55 Å². The van der Waals surface area contributed by atoms with Gasteiger partial charge in [0.25, 0.3) is 11.3 Å². The van der Waals surface area contributed by atoms with Crippen molar-refractivity contribution in [2.75, 3.05) is 6.61 Å². The number of hydrogen-bond acceptors (Lipinski definition) is 7. The van der Waals surface area contributed by atoms with Crippen LogP contribution in [0.2, 0.25) is 0 Å². The van der Waals surface area contributed by atoms with Gasteiger partial charge in [-0.1, -0.05) is 0 Å². The molecule has 0 radical (unpaired) electrons. The van der Waals surface area contributed by atoms with Crippen molar-refractivity contribution in [1.29, 1.82) is 5.26 Å². The first-order valence-electron chi connectivity index (χ1n) is 5.45. The van der Waals surface area contributed by atoms with E-state index < -0.39 is 47.7 Å². The Morgan fingerprint density at radius 1 is 1.55 bits per heavy atom. The number of hydrogen-bond donors (Lipinski definition) is 4. The minimum absolute atomic E-state index is 0.327. The quantitative estimate of drug-likeness (QED) is 0.452. The number of aromatic amines is 1. The molecule has 20 heavy (non-hydrogen) atoms. The zero-order valence-electron chi connectivity index (χ0n) is 9.86. The normalized spacial score (nSPS) is 33.0. The first-order valence-corrected chi connectivity index (χ1v) is 5.45. The Morgan fingerprint density at radius 3 is 2.70 bits per heavy atom. The fourth-order valence-electron chi connectivity index (χ4n) is 1.99. The van der Waals surface area contributed by atoms with Gasteiger partial charge in [0.2, 0.25) is 5.82 Å². The number of halogens is 1. The van der Waals surface area contributed by atoms with Crippen molar-refractivity contribution in [3.63, 3.8) is 0 Å². The maximum atomic E-state index is 13.3. The topological polar surface area (TPSA) is 149 Å². The Morgan fingerprint density at radius 2 is 2.20 bits per heavy atom. The summed E-state index contributed by atoms with van der Waals surface area (Å²) in [6, 6.07) is 1.46. The highest BCUT2D eigenvalue weighted by Gasteiger charge is 2.57. The molecule has 1 aliphatic rings. The number of nitriles is 1. The summed E-state index contributed by atoms with van der Waals surface area (Å²) in [5.41, 5.74) is -4.96. The fraction of sp³-hybridized carbons (Fsp3) is 0.500. The smallest absolute Gasteiger partial charge is 0.331 e. The van der Waals surface area contributed by atoms with Crippen LogP contribution in [0.1, 0.15) is 0 Å². The number of H-pyrrole nitrogens is 1. The summed E-state index contributed by atoms with van der Waals surface area (Å²) in [7, 11) is 0. The molecule has 10 heteroatoms. The van der Waals surface area contributed by atoms with E-state index in [2.05, 4.69) is 0 Å². The SMILES string of the molecule is N#C[C@@]1(n2cc(F)c(=O)[nH]c2=O)O[C@H](CO)[C@@H](O)[C@H]1O. The van der Waals surface area contributed by atoms with Crippen LogP contribution in [-0.2, 0) is 10.5 Å². The molecule has 0 aliphatic carbocycles. The number of nitrogens with zero attached hydrogens (tertiary/aromatic N) is 2. The van der Waals surface area contributed by atoms with Crippen molar-refractivity contribution in [2.24, 2.45) is 0 Å². The molecule has 2 rings (SSSR count). The van der Waals surface area contributed by atoms with Crippen LogP contribution in [0.25, 0.3) is 0 Å². The summed E-state index contributed by atoms with van der Waals surface area (Å²) in [6.45, 7) is -0.734. The van der Waals surface area contributed by atoms with E-state index in [4.69, 9.17) is 15.1 Å². The van der Waals surface area contributed by atoms with Gasteiger partial charge in [-0.2, -0.15) is 9.65 Å². The molecule has 108 valence electrons. The molecule has 0 unspecified atom stereocenters. The van der Waals surface area contributed by atoms with Crippen molar-refractivity contribution >= 4 is 0 Å². The molecule has 9 nitrogen and oxygen atoms in total. The van der Waals surface area contributed by atoms with Crippen LogP contribution in [-0.4, -0.2) is 49.8 Å². The van der Waals surface area contributed by atoms with Crippen LogP contribution < -0.4 is 11.2 Å². The molecule has 1 aromatic rings. The molecule has 1 saturated heterocycles. The highest BCUT2D eigenvalue weighted by atomic mass is 19.1. The third-order valence-electron chi connectivity index (χ3n) is 3.03. The minimum atomic E-state index is -2.45. The van der Waals surface area contributed by atoms with Crippen molar-refractivity contribution < 1.29 is 24.4 Å². The van der Waals surface area contributed by atoms with E-state index in [-0.39, 0.29) is 0 Å². The van der Waals surface area contributed by atoms with Gasteiger partial charge in [0.1, 0.15) is 24.4 Å². The van der Waals surface area contributed by atoms with Gasteiger partial charge < -0.3 is 20.1 Å². The van der Waals surface area contributed by atoms with Gasteiger partial charge in [0.05, 0.1) is 12.8 Å². The monoisotopic (exact) mass is 287 g/mol. The fourth-order valence-corrected chi connectivity index (χ4v) is 1.99. The van der Waals surface area contributed by atoms with Gasteiger partial charge in [-0.25, -0.2) is 4.79 Å². The summed E-state index contributed by atoms with van der Waals surface area (Å²) < 4.78 is 18.6. The summed E-state index contributed by atoms with van der Waals surface area (Å²) >= 11 is 0.